The summed E-state index contributed by atoms with van der Waals surface area (Å²) in [5.41, 5.74) is 3.60. The molecule has 2 aromatic heterocycles. The molecule has 2 N–H and O–H groups in total. The van der Waals surface area contributed by atoms with Crippen molar-refractivity contribution in [1.29, 1.82) is 0 Å². The number of hydrogen-bond donors (Lipinski definition) is 2. The predicted molar refractivity (Wildman–Crippen MR) is 131 cm³/mol. The summed E-state index contributed by atoms with van der Waals surface area (Å²) in [5.74, 6) is -0.211. The molecule has 1 saturated heterocycles. The average Bonchev–Trinajstić information content (AvgIpc) is 3.34. The summed E-state index contributed by atoms with van der Waals surface area (Å²) in [6.07, 6.45) is 2.73. The maximum absolute atomic E-state index is 13.0. The van der Waals surface area contributed by atoms with Crippen molar-refractivity contribution in [3.8, 4) is 0 Å². The molecule has 8 heteroatoms. The molecule has 2 aromatic carbocycles. The van der Waals surface area contributed by atoms with E-state index < -0.39 is 5.97 Å². The predicted octanol–water partition coefficient (Wildman–Crippen LogP) is 4.81. The van der Waals surface area contributed by atoms with Gasteiger partial charge in [-0.2, -0.15) is 6.07 Å². The minimum atomic E-state index is -1.02. The van der Waals surface area contributed by atoms with Crippen LogP contribution in [-0.2, 0) is 21.1 Å². The monoisotopic (exact) mass is 638 g/mol. The Hall–Kier alpha value is -3.57. The van der Waals surface area contributed by atoms with E-state index in [1.54, 1.807) is 37.0 Å². The van der Waals surface area contributed by atoms with Crippen LogP contribution in [0.5, 0.6) is 0 Å². The Labute approximate surface area is 217 Å². The molecule has 5 rings (SSSR count). The fourth-order valence-corrected chi connectivity index (χ4v) is 4.46. The van der Waals surface area contributed by atoms with Gasteiger partial charge in [0.25, 0.3) is 0 Å². The van der Waals surface area contributed by atoms with Crippen molar-refractivity contribution in [1.82, 2.24) is 4.98 Å². The topological polar surface area (TPSA) is 95.7 Å². The van der Waals surface area contributed by atoms with Gasteiger partial charge in [-0.3, -0.25) is 9.78 Å². The second-order valence-electron chi connectivity index (χ2n) is 8.51. The molecule has 4 aromatic rings. The van der Waals surface area contributed by atoms with E-state index in [0.29, 0.717) is 28.1 Å². The Balaban J connectivity index is 0.00000289. The van der Waals surface area contributed by atoms with Gasteiger partial charge in [-0.15, -0.1) is 11.1 Å². The normalized spacial score (nSPS) is 15.0. The Morgan fingerprint density at radius 1 is 1.17 bits per heavy atom. The van der Waals surface area contributed by atoms with Gasteiger partial charge in [0.15, 0.2) is 11.3 Å². The van der Waals surface area contributed by atoms with Gasteiger partial charge in [-0.05, 0) is 30.7 Å². The van der Waals surface area contributed by atoms with Gasteiger partial charge in [-0.25, -0.2) is 4.79 Å². The number of carbonyl (C=O) groups is 1. The number of para-hydroxylation sites is 1. The second-order valence-corrected chi connectivity index (χ2v) is 8.51. The van der Waals surface area contributed by atoms with E-state index in [4.69, 9.17) is 4.42 Å². The number of pyridine rings is 1. The van der Waals surface area contributed by atoms with Crippen LogP contribution in [-0.4, -0.2) is 29.1 Å². The number of aromatic carboxylic acids is 1. The van der Waals surface area contributed by atoms with Gasteiger partial charge in [0.05, 0.1) is 5.56 Å². The number of hydrogen-bond acceptors (Lipinski definition) is 6. The van der Waals surface area contributed by atoms with Crippen LogP contribution in [0.25, 0.3) is 11.0 Å². The quantitative estimate of drug-likeness (QED) is 0.293. The third-order valence-corrected chi connectivity index (χ3v) is 6.14. The average molecular weight is 638 g/mol. The zero-order chi connectivity index (χ0) is 23.7. The van der Waals surface area contributed by atoms with Crippen molar-refractivity contribution in [3.63, 3.8) is 0 Å². The molecule has 1 aliphatic heterocycles. The molecule has 0 radical (unpaired) electrons. The maximum Gasteiger partial charge on any atom is 0.337 e. The zero-order valence-electron chi connectivity index (χ0n) is 19.1. The third-order valence-electron chi connectivity index (χ3n) is 6.14. The van der Waals surface area contributed by atoms with E-state index in [2.05, 4.69) is 15.2 Å². The van der Waals surface area contributed by atoms with Crippen LogP contribution in [0.2, 0.25) is 0 Å². The van der Waals surface area contributed by atoms with E-state index in [-0.39, 0.29) is 38.0 Å². The minimum absolute atomic E-state index is 0. The number of anilines is 2. The van der Waals surface area contributed by atoms with E-state index in [1.807, 2.05) is 37.3 Å². The maximum atomic E-state index is 13.0. The van der Waals surface area contributed by atoms with Crippen LogP contribution in [0, 0.1) is 13.5 Å². The summed E-state index contributed by atoms with van der Waals surface area (Å²) in [5, 5.41) is 13.0. The Morgan fingerprint density at radius 2 is 1.97 bits per heavy atom. The van der Waals surface area contributed by atoms with Crippen LogP contribution < -0.4 is 15.6 Å². The van der Waals surface area contributed by atoms with Crippen molar-refractivity contribution in [2.75, 3.05) is 23.3 Å². The van der Waals surface area contributed by atoms with Crippen molar-refractivity contribution < 1.29 is 35.4 Å². The van der Waals surface area contributed by atoms with Crippen molar-refractivity contribution in [2.24, 2.45) is 0 Å². The first-order valence-electron chi connectivity index (χ1n) is 11.2. The molecule has 0 aliphatic carbocycles. The molecule has 0 saturated carbocycles. The summed E-state index contributed by atoms with van der Waals surface area (Å²) in [7, 11) is 0. The van der Waals surface area contributed by atoms with Gasteiger partial charge >= 0.3 is 5.97 Å². The standard InChI is InChI=1S/C27H24N3O4.W/c1-17-12-19(15-29-23-8-3-2-6-20(23)27(32)33)26-21(13-17)24(31)14-25(34-26)30-11-9-18(16-30)22-7-4-5-10-28-22;/h2-8,10,12-15,18,29H,9,11,16H2,1H3,(H,32,33);/q-1;. The van der Waals surface area contributed by atoms with Gasteiger partial charge in [-0.1, -0.05) is 37.7 Å². The molecular formula is C27H24N3O4W-. The molecule has 35 heavy (non-hydrogen) atoms. The molecule has 1 atom stereocenters. The Morgan fingerprint density at radius 3 is 2.74 bits per heavy atom. The van der Waals surface area contributed by atoms with Crippen LogP contribution >= 0.6 is 0 Å². The first kappa shape index (κ1) is 24.5. The number of nitrogens with zero attached hydrogens (tertiary/aromatic N) is 2. The van der Waals surface area contributed by atoms with Crippen LogP contribution in [0.1, 0.15) is 39.5 Å². The third kappa shape index (κ3) is 5.10. The zero-order valence-corrected chi connectivity index (χ0v) is 22.0. The summed E-state index contributed by atoms with van der Waals surface area (Å²) in [4.78, 5) is 31.1. The molecule has 1 fully saturated rings. The number of aryl methyl sites for hydroxylation is 1. The van der Waals surface area contributed by atoms with Gasteiger partial charge in [0, 0.05) is 74.7 Å². The molecular weight excluding hydrogens is 614 g/mol. The fourth-order valence-electron chi connectivity index (χ4n) is 4.46. The van der Waals surface area contributed by atoms with Crippen LogP contribution in [0.15, 0.2) is 76.1 Å². The number of rotatable bonds is 6. The summed E-state index contributed by atoms with van der Waals surface area (Å²) in [6, 6.07) is 17.9. The van der Waals surface area contributed by atoms with Crippen molar-refractivity contribution in [3.05, 3.63) is 106 Å². The summed E-state index contributed by atoms with van der Waals surface area (Å²) < 4.78 is 6.28. The second kappa shape index (κ2) is 10.4. The molecule has 0 bridgehead atoms. The molecule has 0 spiro atoms. The molecule has 1 unspecified atom stereocenters. The van der Waals surface area contributed by atoms with Gasteiger partial charge in [0.1, 0.15) is 0 Å². The number of fused-ring (bicyclic) bond motifs is 1. The summed E-state index contributed by atoms with van der Waals surface area (Å²) >= 11 is 0. The van der Waals surface area contributed by atoms with Crippen molar-refractivity contribution in [2.45, 2.75) is 19.3 Å². The summed E-state index contributed by atoms with van der Waals surface area (Å²) in [6.45, 7) is 5.09. The van der Waals surface area contributed by atoms with Crippen LogP contribution in [0.4, 0.5) is 11.6 Å². The first-order valence-corrected chi connectivity index (χ1v) is 11.2. The van der Waals surface area contributed by atoms with Gasteiger partial charge in [0.2, 0.25) is 0 Å². The number of carboxylic acids is 1. The first-order chi connectivity index (χ1) is 16.5. The Bertz CT molecular complexity index is 1420. The largest absolute Gasteiger partial charge is 0.502 e. The number of carboxylic acid groups (broad SMARTS) is 1. The molecule has 7 nitrogen and oxygen atoms in total. The molecule has 178 valence electrons. The number of aromatic nitrogens is 1. The molecule has 3 heterocycles. The van der Waals surface area contributed by atoms with E-state index in [1.165, 1.54) is 6.07 Å². The van der Waals surface area contributed by atoms with Crippen molar-refractivity contribution >= 4 is 28.5 Å². The minimum Gasteiger partial charge on any atom is -0.502 e. The fraction of sp³-hybridized carbons (Fsp3) is 0.185. The molecule has 0 amide bonds. The smallest absolute Gasteiger partial charge is 0.337 e. The van der Waals surface area contributed by atoms with Crippen LogP contribution in [0.3, 0.4) is 0 Å². The van der Waals surface area contributed by atoms with E-state index in [9.17, 15) is 14.7 Å². The number of benzene rings is 2. The van der Waals surface area contributed by atoms with E-state index >= 15 is 0 Å². The number of nitrogens with one attached hydrogen (secondary N) is 1. The molecule has 1 aliphatic rings. The van der Waals surface area contributed by atoms with Gasteiger partial charge < -0.3 is 19.7 Å². The Kier molecular flexibility index (Phi) is 7.27. The SMILES string of the molecule is Cc1cc([CH-]Nc2ccccc2C(=O)O)c2oc(N3CCC(c4ccccn4)C3)cc(=O)c2c1.[W]. The van der Waals surface area contributed by atoms with E-state index in [0.717, 1.165) is 30.8 Å².